The van der Waals surface area contributed by atoms with Gasteiger partial charge in [-0.15, -0.1) is 5.10 Å². The lowest BCUT2D eigenvalue weighted by Crippen LogP contribution is -2.45. The number of rotatable bonds is 3. The lowest BCUT2D eigenvalue weighted by atomic mass is 9.76. The van der Waals surface area contributed by atoms with Crippen molar-refractivity contribution < 1.29 is 9.18 Å². The molecule has 2 N–H and O–H groups in total. The number of anilines is 1. The second-order valence-corrected chi connectivity index (χ2v) is 5.29. The molecule has 0 saturated heterocycles. The minimum atomic E-state index is -0.280. The van der Waals surface area contributed by atoms with Gasteiger partial charge in [-0.25, -0.2) is 9.18 Å². The van der Waals surface area contributed by atoms with E-state index in [0.717, 1.165) is 18.4 Å². The summed E-state index contributed by atoms with van der Waals surface area (Å²) >= 11 is 0. The van der Waals surface area contributed by atoms with Crippen LogP contribution in [0.5, 0.6) is 0 Å². The molecule has 1 heterocycles. The van der Waals surface area contributed by atoms with Crippen molar-refractivity contribution in [2.45, 2.75) is 24.8 Å². The molecule has 1 aliphatic rings. The molecule has 6 nitrogen and oxygen atoms in total. The summed E-state index contributed by atoms with van der Waals surface area (Å²) in [6, 6.07) is 6.40. The van der Waals surface area contributed by atoms with Gasteiger partial charge < -0.3 is 5.32 Å². The van der Waals surface area contributed by atoms with Crippen LogP contribution in [0.1, 0.15) is 24.3 Å². The molecule has 0 spiro atoms. The van der Waals surface area contributed by atoms with Crippen molar-refractivity contribution in [3.63, 3.8) is 0 Å². The maximum absolute atomic E-state index is 12.9. The van der Waals surface area contributed by atoms with Gasteiger partial charge in [0.25, 0.3) is 0 Å². The summed E-state index contributed by atoms with van der Waals surface area (Å²) in [5.74, 6) is 0.577. The summed E-state index contributed by atoms with van der Waals surface area (Å²) in [6.45, 7) is 0. The first-order chi connectivity index (χ1) is 10.1. The minimum absolute atomic E-state index is 0.136. The number of carbonyl (C=O) groups excluding carboxylic acids is 1. The fraction of sp³-hybridized carbons (Fsp3) is 0.357. The monoisotopic (exact) mass is 289 g/mol. The Morgan fingerprint density at radius 1 is 1.33 bits per heavy atom. The molecule has 0 atom stereocenters. The van der Waals surface area contributed by atoms with Crippen LogP contribution >= 0.6 is 0 Å². The van der Waals surface area contributed by atoms with Crippen molar-refractivity contribution >= 4 is 11.8 Å². The van der Waals surface area contributed by atoms with Crippen LogP contribution in [-0.4, -0.2) is 27.1 Å². The van der Waals surface area contributed by atoms with Crippen LogP contribution in [0.4, 0.5) is 15.0 Å². The first-order valence-electron chi connectivity index (χ1n) is 6.79. The Morgan fingerprint density at radius 3 is 2.67 bits per heavy atom. The van der Waals surface area contributed by atoms with E-state index in [1.54, 1.807) is 25.4 Å². The highest BCUT2D eigenvalue weighted by Gasteiger charge is 2.31. The molecular formula is C14H16FN5O. The number of urea groups is 1. The first kappa shape index (κ1) is 13.5. The summed E-state index contributed by atoms with van der Waals surface area (Å²) in [4.78, 5) is 11.8. The molecular weight excluding hydrogens is 273 g/mol. The highest BCUT2D eigenvalue weighted by molar-refractivity contribution is 5.88. The third-order valence-electron chi connectivity index (χ3n) is 3.66. The highest BCUT2D eigenvalue weighted by Crippen LogP contribution is 2.36. The topological polar surface area (TPSA) is 71.8 Å². The average Bonchev–Trinajstić information content (AvgIpc) is 2.80. The molecule has 2 aromatic rings. The lowest BCUT2D eigenvalue weighted by molar-refractivity contribution is 0.233. The maximum Gasteiger partial charge on any atom is 0.320 e. The Labute approximate surface area is 121 Å². The van der Waals surface area contributed by atoms with Gasteiger partial charge >= 0.3 is 6.03 Å². The van der Waals surface area contributed by atoms with E-state index in [9.17, 15) is 9.18 Å². The summed E-state index contributed by atoms with van der Waals surface area (Å²) in [5, 5.41) is 13.0. The molecule has 1 fully saturated rings. The van der Waals surface area contributed by atoms with E-state index in [1.807, 2.05) is 0 Å². The Bertz CT molecular complexity index is 633. The summed E-state index contributed by atoms with van der Waals surface area (Å²) in [6.07, 6.45) is 3.35. The number of benzene rings is 1. The van der Waals surface area contributed by atoms with E-state index in [-0.39, 0.29) is 17.9 Å². The standard InChI is InChI=1S/C14H16FN5O/c1-20-8-13(18-19-20)17-14(21)16-12-6-10(7-12)9-2-4-11(15)5-3-9/h2-5,8,10,12H,6-7H2,1H3,(H2,16,17,21). The average molecular weight is 289 g/mol. The third kappa shape index (κ3) is 3.18. The van der Waals surface area contributed by atoms with Crippen LogP contribution in [0.25, 0.3) is 0 Å². The first-order valence-corrected chi connectivity index (χ1v) is 6.79. The molecule has 21 heavy (non-hydrogen) atoms. The Hall–Kier alpha value is -2.44. The number of aryl methyl sites for hydroxylation is 1. The van der Waals surface area contributed by atoms with E-state index in [4.69, 9.17) is 0 Å². The zero-order chi connectivity index (χ0) is 14.8. The van der Waals surface area contributed by atoms with Crippen molar-refractivity contribution in [1.29, 1.82) is 0 Å². The second kappa shape index (κ2) is 5.51. The van der Waals surface area contributed by atoms with Crippen LogP contribution in [0.15, 0.2) is 30.5 Å². The van der Waals surface area contributed by atoms with E-state index in [2.05, 4.69) is 20.9 Å². The van der Waals surface area contributed by atoms with E-state index >= 15 is 0 Å². The van der Waals surface area contributed by atoms with Gasteiger partial charge in [-0.2, -0.15) is 0 Å². The molecule has 1 saturated carbocycles. The third-order valence-corrected chi connectivity index (χ3v) is 3.66. The number of hydrogen-bond acceptors (Lipinski definition) is 3. The molecule has 1 aromatic heterocycles. The van der Waals surface area contributed by atoms with Crippen LogP contribution in [-0.2, 0) is 7.05 Å². The Kier molecular flexibility index (Phi) is 3.55. The number of halogens is 1. The van der Waals surface area contributed by atoms with Gasteiger partial charge in [0.1, 0.15) is 5.82 Å². The fourth-order valence-corrected chi connectivity index (χ4v) is 2.49. The second-order valence-electron chi connectivity index (χ2n) is 5.29. The van der Waals surface area contributed by atoms with E-state index in [0.29, 0.717) is 11.7 Å². The molecule has 7 heteroatoms. The van der Waals surface area contributed by atoms with E-state index < -0.39 is 0 Å². The Morgan fingerprint density at radius 2 is 2.05 bits per heavy atom. The van der Waals surface area contributed by atoms with E-state index in [1.165, 1.54) is 16.8 Å². The molecule has 3 rings (SSSR count). The number of nitrogens with one attached hydrogen (secondary N) is 2. The molecule has 2 amide bonds. The van der Waals surface area contributed by atoms with Crippen LogP contribution in [0, 0.1) is 5.82 Å². The van der Waals surface area contributed by atoms with Gasteiger partial charge in [-0.3, -0.25) is 10.00 Å². The predicted octanol–water partition coefficient (Wildman–Crippen LogP) is 2.02. The van der Waals surface area contributed by atoms with Gasteiger partial charge in [-0.05, 0) is 36.5 Å². The molecule has 0 radical (unpaired) electrons. The van der Waals surface area contributed by atoms with Crippen molar-refractivity contribution in [1.82, 2.24) is 20.3 Å². The van der Waals surface area contributed by atoms with Gasteiger partial charge in [0.05, 0.1) is 6.20 Å². The molecule has 1 aliphatic carbocycles. The molecule has 0 unspecified atom stereocenters. The number of aromatic nitrogens is 3. The SMILES string of the molecule is Cn1cc(NC(=O)NC2CC(c3ccc(F)cc3)C2)nn1. The number of nitrogens with zero attached hydrogens (tertiary/aromatic N) is 3. The maximum atomic E-state index is 12.9. The molecule has 110 valence electrons. The van der Waals surface area contributed by atoms with Crippen LogP contribution in [0.2, 0.25) is 0 Å². The number of carbonyl (C=O) groups is 1. The Balaban J connectivity index is 1.46. The molecule has 0 bridgehead atoms. The quantitative estimate of drug-likeness (QED) is 0.908. The minimum Gasteiger partial charge on any atom is -0.335 e. The largest absolute Gasteiger partial charge is 0.335 e. The summed E-state index contributed by atoms with van der Waals surface area (Å²) < 4.78 is 14.4. The molecule has 0 aliphatic heterocycles. The summed E-state index contributed by atoms with van der Waals surface area (Å²) in [7, 11) is 1.73. The zero-order valence-corrected chi connectivity index (χ0v) is 11.6. The van der Waals surface area contributed by atoms with Crippen molar-refractivity contribution in [2.75, 3.05) is 5.32 Å². The molecule has 1 aromatic carbocycles. The van der Waals surface area contributed by atoms with Gasteiger partial charge in [-0.1, -0.05) is 17.3 Å². The summed E-state index contributed by atoms with van der Waals surface area (Å²) in [5.41, 5.74) is 1.11. The van der Waals surface area contributed by atoms with Crippen molar-refractivity contribution in [3.8, 4) is 0 Å². The normalized spacial score (nSPS) is 20.7. The van der Waals surface area contributed by atoms with Gasteiger partial charge in [0, 0.05) is 13.1 Å². The highest BCUT2D eigenvalue weighted by atomic mass is 19.1. The number of hydrogen-bond donors (Lipinski definition) is 2. The van der Waals surface area contributed by atoms with Crippen molar-refractivity contribution in [2.24, 2.45) is 7.05 Å². The van der Waals surface area contributed by atoms with Crippen LogP contribution < -0.4 is 10.6 Å². The fourth-order valence-electron chi connectivity index (χ4n) is 2.49. The number of amides is 2. The van der Waals surface area contributed by atoms with Gasteiger partial charge in [0.2, 0.25) is 0 Å². The predicted molar refractivity (Wildman–Crippen MR) is 75.3 cm³/mol. The van der Waals surface area contributed by atoms with Crippen molar-refractivity contribution in [3.05, 3.63) is 41.8 Å². The lowest BCUT2D eigenvalue weighted by Gasteiger charge is -2.36. The smallest absolute Gasteiger partial charge is 0.320 e. The van der Waals surface area contributed by atoms with Crippen LogP contribution in [0.3, 0.4) is 0 Å². The van der Waals surface area contributed by atoms with Gasteiger partial charge in [0.15, 0.2) is 5.82 Å². The zero-order valence-electron chi connectivity index (χ0n) is 11.6.